The second-order valence-corrected chi connectivity index (χ2v) is 2.59. The molecule has 2 aromatic rings. The first-order valence-corrected chi connectivity index (χ1v) is 3.98. The molecule has 0 spiro atoms. The van der Waals surface area contributed by atoms with Crippen molar-refractivity contribution in [1.29, 1.82) is 0 Å². The fraction of sp³-hybridized carbons (Fsp3) is 0.100. The lowest BCUT2D eigenvalue weighted by Crippen LogP contribution is -1.75. The van der Waals surface area contributed by atoms with E-state index in [1.54, 1.807) is 18.3 Å². The number of nitrogens with zero attached hydrogens (tertiary/aromatic N) is 1. The van der Waals surface area contributed by atoms with Crippen molar-refractivity contribution in [3.8, 4) is 0 Å². The third-order valence-corrected chi connectivity index (χ3v) is 1.50. The van der Waals surface area contributed by atoms with Gasteiger partial charge in [-0.25, -0.2) is 0 Å². The molecule has 0 atom stereocenters. The molecule has 0 amide bonds. The van der Waals surface area contributed by atoms with Crippen molar-refractivity contribution in [3.63, 3.8) is 0 Å². The quantitative estimate of drug-likeness (QED) is 0.661. The average Bonchev–Trinajstić information content (AvgIpc) is 2.76. The molecule has 0 saturated heterocycles. The van der Waals surface area contributed by atoms with E-state index in [1.165, 1.54) is 0 Å². The molecule has 2 heterocycles. The van der Waals surface area contributed by atoms with Gasteiger partial charge in [0.15, 0.2) is 6.29 Å². The van der Waals surface area contributed by atoms with Crippen LogP contribution in [0.4, 0.5) is 0 Å². The lowest BCUT2D eigenvalue weighted by molar-refractivity contribution is 0.111. The van der Waals surface area contributed by atoms with Crippen LogP contribution in [0.1, 0.15) is 10.5 Å². The van der Waals surface area contributed by atoms with Gasteiger partial charge in [-0.2, -0.15) is 0 Å². The Kier molecular flexibility index (Phi) is 3.57. The molecule has 0 aliphatic carbocycles. The standard InChI is InChI=1S/C5H5NO.C5H7N/c7-4-5-2-1-3-6-5;1-6-4-2-3-5-6/h1-4,6H;2-5H,1H3. The summed E-state index contributed by atoms with van der Waals surface area (Å²) in [5, 5.41) is 0. The largest absolute Gasteiger partial charge is 0.359 e. The number of aryl methyl sites for hydroxylation is 1. The van der Waals surface area contributed by atoms with Crippen LogP contribution in [0.5, 0.6) is 0 Å². The fourth-order valence-electron chi connectivity index (χ4n) is 0.838. The van der Waals surface area contributed by atoms with Crippen LogP contribution < -0.4 is 0 Å². The van der Waals surface area contributed by atoms with E-state index in [9.17, 15) is 4.79 Å². The molecule has 0 fully saturated rings. The third-order valence-electron chi connectivity index (χ3n) is 1.50. The van der Waals surface area contributed by atoms with Crippen molar-refractivity contribution < 1.29 is 4.79 Å². The lowest BCUT2D eigenvalue weighted by Gasteiger charge is -1.79. The zero-order chi connectivity index (χ0) is 9.52. The summed E-state index contributed by atoms with van der Waals surface area (Å²) in [7, 11) is 2.00. The molecule has 2 aromatic heterocycles. The number of H-pyrrole nitrogens is 1. The van der Waals surface area contributed by atoms with E-state index < -0.39 is 0 Å². The van der Waals surface area contributed by atoms with Crippen molar-refractivity contribution in [1.82, 2.24) is 9.55 Å². The first-order chi connectivity index (χ1) is 6.33. The number of aromatic nitrogens is 2. The zero-order valence-corrected chi connectivity index (χ0v) is 7.47. The van der Waals surface area contributed by atoms with Crippen LogP contribution in [0.15, 0.2) is 42.9 Å². The second kappa shape index (κ2) is 4.98. The fourth-order valence-corrected chi connectivity index (χ4v) is 0.838. The SMILES string of the molecule is Cn1cccc1.O=Cc1ccc[nH]1. The summed E-state index contributed by atoms with van der Waals surface area (Å²) in [6.45, 7) is 0. The number of aldehydes is 1. The van der Waals surface area contributed by atoms with E-state index >= 15 is 0 Å². The lowest BCUT2D eigenvalue weighted by atomic mass is 10.5. The molecule has 3 heteroatoms. The van der Waals surface area contributed by atoms with Gasteiger partial charge in [-0.1, -0.05) is 0 Å². The van der Waals surface area contributed by atoms with Gasteiger partial charge in [0.05, 0.1) is 5.69 Å². The Morgan fingerprint density at radius 2 is 2.00 bits per heavy atom. The van der Waals surface area contributed by atoms with Crippen molar-refractivity contribution in [3.05, 3.63) is 48.5 Å². The van der Waals surface area contributed by atoms with Crippen molar-refractivity contribution in [2.75, 3.05) is 0 Å². The van der Waals surface area contributed by atoms with Gasteiger partial charge in [0.1, 0.15) is 0 Å². The van der Waals surface area contributed by atoms with Crippen LogP contribution in [0.3, 0.4) is 0 Å². The molecule has 0 aliphatic rings. The van der Waals surface area contributed by atoms with Gasteiger partial charge in [0, 0.05) is 25.6 Å². The summed E-state index contributed by atoms with van der Waals surface area (Å²) in [6, 6.07) is 7.50. The minimum Gasteiger partial charge on any atom is -0.359 e. The monoisotopic (exact) mass is 176 g/mol. The van der Waals surface area contributed by atoms with Crippen molar-refractivity contribution in [2.45, 2.75) is 0 Å². The summed E-state index contributed by atoms with van der Waals surface area (Å²) < 4.78 is 2.00. The van der Waals surface area contributed by atoms with E-state index in [0.717, 1.165) is 6.29 Å². The number of hydrogen-bond acceptors (Lipinski definition) is 1. The second-order valence-electron chi connectivity index (χ2n) is 2.59. The van der Waals surface area contributed by atoms with Gasteiger partial charge < -0.3 is 9.55 Å². The van der Waals surface area contributed by atoms with E-state index in [2.05, 4.69) is 4.98 Å². The highest BCUT2D eigenvalue weighted by Crippen LogP contribution is 1.85. The maximum Gasteiger partial charge on any atom is 0.166 e. The number of carbonyl (C=O) groups is 1. The molecule has 13 heavy (non-hydrogen) atoms. The molecule has 1 N–H and O–H groups in total. The molecule has 0 aliphatic heterocycles. The summed E-state index contributed by atoms with van der Waals surface area (Å²) in [5.74, 6) is 0. The van der Waals surface area contributed by atoms with Crippen molar-refractivity contribution in [2.24, 2.45) is 7.05 Å². The highest BCUT2D eigenvalue weighted by atomic mass is 16.1. The minimum atomic E-state index is 0.625. The van der Waals surface area contributed by atoms with Crippen LogP contribution in [-0.2, 0) is 7.05 Å². The summed E-state index contributed by atoms with van der Waals surface area (Å²) in [6.07, 6.45) is 6.49. The first kappa shape index (κ1) is 9.32. The smallest absolute Gasteiger partial charge is 0.166 e. The van der Waals surface area contributed by atoms with Gasteiger partial charge in [-0.15, -0.1) is 0 Å². The van der Waals surface area contributed by atoms with Gasteiger partial charge >= 0.3 is 0 Å². The van der Waals surface area contributed by atoms with Crippen LogP contribution in [0.2, 0.25) is 0 Å². The van der Waals surface area contributed by atoms with Crippen molar-refractivity contribution >= 4 is 6.29 Å². The Labute approximate surface area is 77.0 Å². The predicted octanol–water partition coefficient (Wildman–Crippen LogP) is 1.85. The molecule has 2 rings (SSSR count). The van der Waals surface area contributed by atoms with Crippen LogP contribution in [-0.4, -0.2) is 15.8 Å². The maximum atomic E-state index is 9.84. The molecule has 3 nitrogen and oxygen atoms in total. The summed E-state index contributed by atoms with van der Waals surface area (Å²) in [4.78, 5) is 12.6. The maximum absolute atomic E-state index is 9.84. The highest BCUT2D eigenvalue weighted by Gasteiger charge is 1.81. The Morgan fingerprint density at radius 3 is 2.23 bits per heavy atom. The topological polar surface area (TPSA) is 37.8 Å². The average molecular weight is 176 g/mol. The van der Waals surface area contributed by atoms with Gasteiger partial charge in [-0.05, 0) is 24.3 Å². The molecule has 0 unspecified atom stereocenters. The zero-order valence-electron chi connectivity index (χ0n) is 7.47. The van der Waals surface area contributed by atoms with E-state index in [-0.39, 0.29) is 0 Å². The Hall–Kier alpha value is -1.77. The molecule has 0 aromatic carbocycles. The Balaban J connectivity index is 0.000000132. The van der Waals surface area contributed by atoms with Gasteiger partial charge in [0.25, 0.3) is 0 Å². The minimum absolute atomic E-state index is 0.625. The molecular weight excluding hydrogens is 164 g/mol. The third kappa shape index (κ3) is 3.42. The van der Waals surface area contributed by atoms with E-state index in [0.29, 0.717) is 5.69 Å². The van der Waals surface area contributed by atoms with Crippen LogP contribution in [0.25, 0.3) is 0 Å². The van der Waals surface area contributed by atoms with Gasteiger partial charge in [-0.3, -0.25) is 4.79 Å². The Morgan fingerprint density at radius 1 is 1.31 bits per heavy atom. The predicted molar refractivity (Wildman–Crippen MR) is 51.6 cm³/mol. The molecule has 68 valence electrons. The highest BCUT2D eigenvalue weighted by molar-refractivity contribution is 5.71. The van der Waals surface area contributed by atoms with E-state index in [4.69, 9.17) is 0 Å². The summed E-state index contributed by atoms with van der Waals surface area (Å²) in [5.41, 5.74) is 0.625. The Bertz CT molecular complexity index is 322. The number of aromatic amines is 1. The molecule has 0 saturated carbocycles. The van der Waals surface area contributed by atoms with Crippen LogP contribution >= 0.6 is 0 Å². The van der Waals surface area contributed by atoms with E-state index in [1.807, 2.05) is 36.1 Å². The molecule has 0 radical (unpaired) electrons. The number of carbonyl (C=O) groups excluding carboxylic acids is 1. The number of rotatable bonds is 1. The number of nitrogens with one attached hydrogen (secondary N) is 1. The normalized spacial score (nSPS) is 8.69. The summed E-state index contributed by atoms with van der Waals surface area (Å²) >= 11 is 0. The first-order valence-electron chi connectivity index (χ1n) is 3.98. The molecule has 0 bridgehead atoms. The van der Waals surface area contributed by atoms with Gasteiger partial charge in [0.2, 0.25) is 0 Å². The van der Waals surface area contributed by atoms with Crippen LogP contribution in [0, 0.1) is 0 Å². The number of hydrogen-bond donors (Lipinski definition) is 1. The molecular formula is C10H12N2O.